The van der Waals surface area contributed by atoms with Crippen LogP contribution in [-0.2, 0) is 6.42 Å². The Morgan fingerprint density at radius 1 is 0.933 bits per heavy atom. The lowest BCUT2D eigenvalue weighted by Crippen LogP contribution is -2.29. The van der Waals surface area contributed by atoms with E-state index in [4.69, 9.17) is 15.2 Å². The van der Waals surface area contributed by atoms with E-state index in [1.165, 1.54) is 5.56 Å². The summed E-state index contributed by atoms with van der Waals surface area (Å²) < 4.78 is 0. The molecule has 0 aliphatic carbocycles. The topological polar surface area (TPSA) is 60.7 Å². The van der Waals surface area contributed by atoms with E-state index < -0.39 is 7.12 Å². The van der Waals surface area contributed by atoms with Gasteiger partial charge in [0.15, 0.2) is 0 Å². The van der Waals surface area contributed by atoms with Crippen molar-refractivity contribution in [2.24, 2.45) is 0 Å². The fourth-order valence-electron chi connectivity index (χ4n) is 1.47. The fourth-order valence-corrected chi connectivity index (χ4v) is 1.47. The molecule has 0 radical (unpaired) electrons. The normalized spacial score (nSPS) is 10.3. The number of aliphatic hydroxyl groups excluding tert-OH is 1. The Labute approximate surface area is 90.5 Å². The highest BCUT2D eigenvalue weighted by Crippen LogP contribution is 2.05. The Balaban J connectivity index is 2.36. The minimum atomic E-state index is -1.38. The molecule has 82 valence electrons. The van der Waals surface area contributed by atoms with Crippen LogP contribution in [0, 0.1) is 0 Å². The zero-order valence-corrected chi connectivity index (χ0v) is 8.76. The maximum absolute atomic E-state index is 8.89. The first kappa shape index (κ1) is 12.2. The second-order valence-electron chi connectivity index (χ2n) is 3.65. The average molecular weight is 208 g/mol. The van der Waals surface area contributed by atoms with Crippen LogP contribution in [0.3, 0.4) is 0 Å². The Morgan fingerprint density at radius 3 is 2.13 bits per heavy atom. The van der Waals surface area contributed by atoms with E-state index in [2.05, 4.69) is 0 Å². The monoisotopic (exact) mass is 208 g/mol. The number of benzene rings is 1. The molecule has 0 spiro atoms. The van der Waals surface area contributed by atoms with Gasteiger partial charge in [-0.1, -0.05) is 30.7 Å². The molecule has 3 nitrogen and oxygen atoms in total. The molecule has 1 aromatic rings. The molecule has 0 aromatic heterocycles. The third-order valence-electron chi connectivity index (χ3n) is 2.40. The average Bonchev–Trinajstić information content (AvgIpc) is 2.25. The number of unbranched alkanes of at least 4 members (excludes halogenated alkanes) is 2. The van der Waals surface area contributed by atoms with Crippen LogP contribution in [0.1, 0.15) is 24.8 Å². The highest BCUT2D eigenvalue weighted by molar-refractivity contribution is 6.58. The van der Waals surface area contributed by atoms with Crippen molar-refractivity contribution >= 4 is 12.6 Å². The van der Waals surface area contributed by atoms with Gasteiger partial charge in [-0.2, -0.15) is 0 Å². The van der Waals surface area contributed by atoms with Gasteiger partial charge in [0.2, 0.25) is 0 Å². The molecule has 0 unspecified atom stereocenters. The number of aliphatic hydroxyl groups is 1. The minimum absolute atomic E-state index is 0.260. The maximum atomic E-state index is 8.89. The standard InChI is InChI=1S/C11H17BO3/c13-9-3-1-2-4-10-5-7-11(8-6-10)12(14)15/h5-8,13-15H,1-4,9H2. The van der Waals surface area contributed by atoms with Crippen LogP contribution in [0.2, 0.25) is 0 Å². The minimum Gasteiger partial charge on any atom is -0.423 e. The van der Waals surface area contributed by atoms with E-state index in [-0.39, 0.29) is 6.61 Å². The molecule has 4 heteroatoms. The Bertz CT molecular complexity index is 272. The van der Waals surface area contributed by atoms with Gasteiger partial charge in [-0.05, 0) is 30.3 Å². The molecule has 15 heavy (non-hydrogen) atoms. The van der Waals surface area contributed by atoms with Crippen molar-refractivity contribution in [2.75, 3.05) is 6.61 Å². The van der Waals surface area contributed by atoms with Crippen LogP contribution in [0.15, 0.2) is 24.3 Å². The van der Waals surface area contributed by atoms with E-state index in [1.807, 2.05) is 12.1 Å². The zero-order valence-electron chi connectivity index (χ0n) is 8.76. The van der Waals surface area contributed by atoms with Gasteiger partial charge in [-0.3, -0.25) is 0 Å². The van der Waals surface area contributed by atoms with Gasteiger partial charge < -0.3 is 15.2 Å². The lowest BCUT2D eigenvalue weighted by molar-refractivity contribution is 0.283. The second kappa shape index (κ2) is 6.61. The molecule has 1 aromatic carbocycles. The van der Waals surface area contributed by atoms with Crippen LogP contribution < -0.4 is 5.46 Å². The third kappa shape index (κ3) is 4.47. The molecule has 3 N–H and O–H groups in total. The summed E-state index contributed by atoms with van der Waals surface area (Å²) >= 11 is 0. The molecule has 0 atom stereocenters. The van der Waals surface area contributed by atoms with E-state index in [1.54, 1.807) is 12.1 Å². The van der Waals surface area contributed by atoms with Crippen molar-refractivity contribution in [3.63, 3.8) is 0 Å². The third-order valence-corrected chi connectivity index (χ3v) is 2.40. The highest BCUT2D eigenvalue weighted by Gasteiger charge is 2.09. The van der Waals surface area contributed by atoms with Crippen LogP contribution >= 0.6 is 0 Å². The van der Waals surface area contributed by atoms with Crippen LogP contribution in [0.5, 0.6) is 0 Å². The van der Waals surface area contributed by atoms with E-state index in [0.717, 1.165) is 25.7 Å². The number of aryl methyl sites for hydroxylation is 1. The highest BCUT2D eigenvalue weighted by atomic mass is 16.4. The number of hydrogen-bond donors (Lipinski definition) is 3. The molecule has 0 heterocycles. The molecule has 0 saturated carbocycles. The summed E-state index contributed by atoms with van der Waals surface area (Å²) in [7, 11) is -1.38. The summed E-state index contributed by atoms with van der Waals surface area (Å²) in [6, 6.07) is 7.28. The Morgan fingerprint density at radius 2 is 1.60 bits per heavy atom. The van der Waals surface area contributed by atoms with Crippen molar-refractivity contribution in [1.82, 2.24) is 0 Å². The maximum Gasteiger partial charge on any atom is 0.488 e. The van der Waals surface area contributed by atoms with Crippen molar-refractivity contribution in [3.8, 4) is 0 Å². The predicted molar refractivity (Wildman–Crippen MR) is 60.9 cm³/mol. The Hall–Kier alpha value is -0.835. The lowest BCUT2D eigenvalue weighted by atomic mass is 9.80. The predicted octanol–water partition coefficient (Wildman–Crippen LogP) is 0.0715. The van der Waals surface area contributed by atoms with Crippen molar-refractivity contribution in [1.29, 1.82) is 0 Å². The largest absolute Gasteiger partial charge is 0.488 e. The van der Waals surface area contributed by atoms with Gasteiger partial charge >= 0.3 is 7.12 Å². The van der Waals surface area contributed by atoms with Crippen LogP contribution in [0.25, 0.3) is 0 Å². The number of rotatable bonds is 6. The molecular formula is C11H17BO3. The van der Waals surface area contributed by atoms with Gasteiger partial charge in [0.1, 0.15) is 0 Å². The summed E-state index contributed by atoms with van der Waals surface area (Å²) in [5.74, 6) is 0. The summed E-state index contributed by atoms with van der Waals surface area (Å²) in [6.07, 6.45) is 3.91. The Kier molecular flexibility index (Phi) is 5.39. The SMILES string of the molecule is OCCCCCc1ccc(B(O)O)cc1. The van der Waals surface area contributed by atoms with Crippen molar-refractivity contribution in [3.05, 3.63) is 29.8 Å². The summed E-state index contributed by atoms with van der Waals surface area (Å²) in [5.41, 5.74) is 1.71. The smallest absolute Gasteiger partial charge is 0.423 e. The van der Waals surface area contributed by atoms with E-state index in [9.17, 15) is 0 Å². The summed E-state index contributed by atoms with van der Waals surface area (Å²) in [6.45, 7) is 0.260. The molecule has 0 fully saturated rings. The van der Waals surface area contributed by atoms with Gasteiger partial charge in [0, 0.05) is 6.61 Å². The van der Waals surface area contributed by atoms with Crippen LogP contribution in [0.4, 0.5) is 0 Å². The van der Waals surface area contributed by atoms with Crippen molar-refractivity contribution in [2.45, 2.75) is 25.7 Å². The first-order chi connectivity index (χ1) is 7.24. The molecule has 0 aliphatic rings. The van der Waals surface area contributed by atoms with E-state index >= 15 is 0 Å². The molecule has 0 saturated heterocycles. The first-order valence-corrected chi connectivity index (χ1v) is 5.30. The lowest BCUT2D eigenvalue weighted by Gasteiger charge is -2.03. The zero-order chi connectivity index (χ0) is 11.1. The van der Waals surface area contributed by atoms with Gasteiger partial charge in [-0.15, -0.1) is 0 Å². The van der Waals surface area contributed by atoms with Gasteiger partial charge in [0.25, 0.3) is 0 Å². The molecule has 1 rings (SSSR count). The second-order valence-corrected chi connectivity index (χ2v) is 3.65. The first-order valence-electron chi connectivity index (χ1n) is 5.30. The summed E-state index contributed by atoms with van der Waals surface area (Å²) in [4.78, 5) is 0. The molecule has 0 amide bonds. The number of hydrogen-bond acceptors (Lipinski definition) is 3. The van der Waals surface area contributed by atoms with Crippen molar-refractivity contribution < 1.29 is 15.2 Å². The van der Waals surface area contributed by atoms with Crippen LogP contribution in [-0.4, -0.2) is 28.9 Å². The molecular weight excluding hydrogens is 191 g/mol. The van der Waals surface area contributed by atoms with Gasteiger partial charge in [0.05, 0.1) is 0 Å². The van der Waals surface area contributed by atoms with E-state index in [0.29, 0.717) is 5.46 Å². The fraction of sp³-hybridized carbons (Fsp3) is 0.455. The quantitative estimate of drug-likeness (QED) is 0.458. The molecule has 0 aliphatic heterocycles. The van der Waals surface area contributed by atoms with Gasteiger partial charge in [-0.25, -0.2) is 0 Å². The summed E-state index contributed by atoms with van der Waals surface area (Å²) in [5, 5.41) is 26.4. The molecule has 0 bridgehead atoms.